The van der Waals surface area contributed by atoms with Gasteiger partial charge in [0.2, 0.25) is 5.91 Å². The summed E-state index contributed by atoms with van der Waals surface area (Å²) < 4.78 is 5.36. The molecule has 1 atom stereocenters. The molecular weight excluding hydrogens is 340 g/mol. The van der Waals surface area contributed by atoms with Gasteiger partial charge >= 0.3 is 0 Å². The number of benzene rings is 2. The predicted octanol–water partition coefficient (Wildman–Crippen LogP) is 2.59. The van der Waals surface area contributed by atoms with Gasteiger partial charge in [0.15, 0.2) is 0 Å². The van der Waals surface area contributed by atoms with E-state index >= 15 is 0 Å². The van der Waals surface area contributed by atoms with Crippen molar-refractivity contribution in [3.63, 3.8) is 0 Å². The highest BCUT2D eigenvalue weighted by molar-refractivity contribution is 5.96. The lowest BCUT2D eigenvalue weighted by atomic mass is 9.91. The van der Waals surface area contributed by atoms with Crippen LogP contribution >= 0.6 is 0 Å². The van der Waals surface area contributed by atoms with Gasteiger partial charge in [-0.05, 0) is 37.0 Å². The van der Waals surface area contributed by atoms with Gasteiger partial charge in [0, 0.05) is 24.2 Å². The zero-order valence-electron chi connectivity index (χ0n) is 15.5. The maximum absolute atomic E-state index is 12.9. The predicted molar refractivity (Wildman–Crippen MR) is 103 cm³/mol. The first-order valence-electron chi connectivity index (χ1n) is 9.40. The van der Waals surface area contributed by atoms with Crippen LogP contribution in [0.5, 0.6) is 5.75 Å². The lowest BCUT2D eigenvalue weighted by Crippen LogP contribution is -2.50. The normalized spacial score (nSPS) is 21.5. The van der Waals surface area contributed by atoms with Gasteiger partial charge in [0.05, 0.1) is 19.1 Å². The van der Waals surface area contributed by atoms with Crippen molar-refractivity contribution in [3.05, 3.63) is 65.2 Å². The van der Waals surface area contributed by atoms with E-state index in [0.717, 1.165) is 41.7 Å². The number of carbonyl (C=O) groups is 2. The second-order valence-corrected chi connectivity index (χ2v) is 7.45. The minimum absolute atomic E-state index is 0.0258. The first-order valence-corrected chi connectivity index (χ1v) is 9.40. The van der Waals surface area contributed by atoms with Crippen LogP contribution in [0, 0.1) is 0 Å². The van der Waals surface area contributed by atoms with Crippen molar-refractivity contribution in [1.82, 2.24) is 10.2 Å². The molecule has 2 aliphatic rings. The van der Waals surface area contributed by atoms with Crippen LogP contribution in [0.15, 0.2) is 48.5 Å². The van der Waals surface area contributed by atoms with Gasteiger partial charge in [0.25, 0.3) is 5.91 Å². The molecule has 140 valence electrons. The van der Waals surface area contributed by atoms with E-state index in [2.05, 4.69) is 5.32 Å². The average molecular weight is 364 g/mol. The number of carbonyl (C=O) groups excluding carboxylic acids is 2. The molecule has 27 heavy (non-hydrogen) atoms. The maximum atomic E-state index is 12.9. The van der Waals surface area contributed by atoms with E-state index in [1.807, 2.05) is 53.4 Å². The van der Waals surface area contributed by atoms with Gasteiger partial charge in [0.1, 0.15) is 5.75 Å². The SMILES string of the molecule is COc1ccccc1CC(=O)N1CCC2(CCc3ccccc3C(=O)N2)C1. The standard InChI is InChI=1S/C22H24N2O3/c1-27-19-9-5-3-7-17(19)14-20(25)24-13-12-22(15-24)11-10-16-6-2-4-8-18(16)21(26)23-22/h2-9H,10-15H2,1H3,(H,23,26). The second-order valence-electron chi connectivity index (χ2n) is 7.45. The third-order valence-electron chi connectivity index (χ3n) is 5.75. The summed E-state index contributed by atoms with van der Waals surface area (Å²) in [7, 11) is 1.62. The van der Waals surface area contributed by atoms with Crippen molar-refractivity contribution < 1.29 is 14.3 Å². The minimum atomic E-state index is -0.327. The van der Waals surface area contributed by atoms with Crippen molar-refractivity contribution >= 4 is 11.8 Å². The molecule has 0 saturated carbocycles. The van der Waals surface area contributed by atoms with Crippen LogP contribution < -0.4 is 10.1 Å². The van der Waals surface area contributed by atoms with Crippen LogP contribution in [0.3, 0.4) is 0 Å². The Bertz CT molecular complexity index is 879. The molecule has 1 spiro atoms. The van der Waals surface area contributed by atoms with Crippen LogP contribution in [0.1, 0.15) is 34.3 Å². The average Bonchev–Trinajstić information content (AvgIpc) is 3.05. The fourth-order valence-corrected chi connectivity index (χ4v) is 4.22. The third-order valence-corrected chi connectivity index (χ3v) is 5.75. The Hall–Kier alpha value is -2.82. The Balaban J connectivity index is 1.47. The van der Waals surface area contributed by atoms with Gasteiger partial charge in [-0.1, -0.05) is 36.4 Å². The molecule has 0 aliphatic carbocycles. The van der Waals surface area contributed by atoms with Gasteiger partial charge < -0.3 is 15.0 Å². The zero-order chi connectivity index (χ0) is 18.9. The Morgan fingerprint density at radius 3 is 2.78 bits per heavy atom. The summed E-state index contributed by atoms with van der Waals surface area (Å²) in [4.78, 5) is 27.4. The molecule has 2 heterocycles. The number of ether oxygens (including phenoxy) is 1. The quantitative estimate of drug-likeness (QED) is 0.911. The molecule has 2 amide bonds. The molecule has 0 aromatic heterocycles. The van der Waals surface area contributed by atoms with E-state index in [1.165, 1.54) is 0 Å². The van der Waals surface area contributed by atoms with Crippen molar-refractivity contribution in [1.29, 1.82) is 0 Å². The molecule has 5 nitrogen and oxygen atoms in total. The monoisotopic (exact) mass is 364 g/mol. The van der Waals surface area contributed by atoms with E-state index < -0.39 is 0 Å². The molecule has 5 heteroatoms. The molecule has 0 radical (unpaired) electrons. The first kappa shape index (κ1) is 17.6. The largest absolute Gasteiger partial charge is 0.496 e. The molecule has 1 unspecified atom stereocenters. The number of methoxy groups -OCH3 is 1. The number of amides is 2. The Kier molecular flexibility index (Phi) is 4.60. The first-order chi connectivity index (χ1) is 13.1. The number of aryl methyl sites for hydroxylation is 1. The van der Waals surface area contributed by atoms with Gasteiger partial charge in [-0.25, -0.2) is 0 Å². The van der Waals surface area contributed by atoms with Crippen LogP contribution in [-0.2, 0) is 17.6 Å². The number of para-hydroxylation sites is 1. The van der Waals surface area contributed by atoms with E-state index in [9.17, 15) is 9.59 Å². The van der Waals surface area contributed by atoms with Crippen molar-refractivity contribution in [2.75, 3.05) is 20.2 Å². The number of likely N-dealkylation sites (tertiary alicyclic amines) is 1. The van der Waals surface area contributed by atoms with Crippen LogP contribution in [0.2, 0.25) is 0 Å². The summed E-state index contributed by atoms with van der Waals surface area (Å²) in [6.45, 7) is 1.24. The lowest BCUT2D eigenvalue weighted by molar-refractivity contribution is -0.129. The number of fused-ring (bicyclic) bond motifs is 1. The molecule has 0 bridgehead atoms. The smallest absolute Gasteiger partial charge is 0.252 e. The van der Waals surface area contributed by atoms with Gasteiger partial charge in [-0.2, -0.15) is 0 Å². The van der Waals surface area contributed by atoms with Crippen molar-refractivity contribution in [2.24, 2.45) is 0 Å². The van der Waals surface area contributed by atoms with Gasteiger partial charge in [-0.15, -0.1) is 0 Å². The fourth-order valence-electron chi connectivity index (χ4n) is 4.22. The van der Waals surface area contributed by atoms with Gasteiger partial charge in [-0.3, -0.25) is 9.59 Å². The highest BCUT2D eigenvalue weighted by Gasteiger charge is 2.42. The summed E-state index contributed by atoms with van der Waals surface area (Å²) in [6.07, 6.45) is 2.82. The Labute approximate surface area is 159 Å². The zero-order valence-corrected chi connectivity index (χ0v) is 15.5. The van der Waals surface area contributed by atoms with Crippen molar-refractivity contribution in [3.8, 4) is 5.75 Å². The summed E-state index contributed by atoms with van der Waals surface area (Å²) in [5.74, 6) is 0.785. The number of rotatable bonds is 3. The molecule has 2 aromatic rings. The van der Waals surface area contributed by atoms with E-state index in [-0.39, 0.29) is 17.4 Å². The highest BCUT2D eigenvalue weighted by Crippen LogP contribution is 2.31. The Morgan fingerprint density at radius 2 is 1.93 bits per heavy atom. The number of nitrogens with one attached hydrogen (secondary N) is 1. The van der Waals surface area contributed by atoms with Crippen LogP contribution in [-0.4, -0.2) is 42.5 Å². The maximum Gasteiger partial charge on any atom is 0.252 e. The summed E-state index contributed by atoms with van der Waals surface area (Å²) >= 11 is 0. The van der Waals surface area contributed by atoms with E-state index in [1.54, 1.807) is 7.11 Å². The van der Waals surface area contributed by atoms with E-state index in [4.69, 9.17) is 4.74 Å². The van der Waals surface area contributed by atoms with Crippen LogP contribution in [0.25, 0.3) is 0 Å². The fraction of sp³-hybridized carbons (Fsp3) is 0.364. The number of nitrogens with zero attached hydrogens (tertiary/aromatic N) is 1. The highest BCUT2D eigenvalue weighted by atomic mass is 16.5. The van der Waals surface area contributed by atoms with Crippen molar-refractivity contribution in [2.45, 2.75) is 31.2 Å². The summed E-state index contributed by atoms with van der Waals surface area (Å²) in [5.41, 5.74) is 2.41. The molecule has 2 aromatic carbocycles. The minimum Gasteiger partial charge on any atom is -0.496 e. The number of hydrogen-bond acceptors (Lipinski definition) is 3. The molecule has 1 saturated heterocycles. The lowest BCUT2D eigenvalue weighted by Gasteiger charge is -2.29. The Morgan fingerprint density at radius 1 is 1.15 bits per heavy atom. The molecule has 4 rings (SSSR count). The second kappa shape index (κ2) is 7.06. The summed E-state index contributed by atoms with van der Waals surface area (Å²) in [5, 5.41) is 3.22. The summed E-state index contributed by atoms with van der Waals surface area (Å²) in [6, 6.07) is 15.4. The third kappa shape index (κ3) is 3.42. The topological polar surface area (TPSA) is 58.6 Å². The molecular formula is C22H24N2O3. The molecule has 2 aliphatic heterocycles. The number of hydrogen-bond donors (Lipinski definition) is 1. The van der Waals surface area contributed by atoms with Crippen LogP contribution in [0.4, 0.5) is 0 Å². The molecule has 1 N–H and O–H groups in total. The van der Waals surface area contributed by atoms with E-state index in [0.29, 0.717) is 19.5 Å². The molecule has 1 fully saturated rings.